The van der Waals surface area contributed by atoms with Gasteiger partial charge in [-0.2, -0.15) is 5.10 Å². The molecule has 13 heteroatoms. The van der Waals surface area contributed by atoms with Crippen molar-refractivity contribution in [3.63, 3.8) is 0 Å². The molecule has 6 rings (SSSR count). The molecule has 0 aliphatic carbocycles. The van der Waals surface area contributed by atoms with E-state index in [1.54, 1.807) is 41.0 Å². The maximum absolute atomic E-state index is 14.5. The predicted molar refractivity (Wildman–Crippen MR) is 217 cm³/mol. The Bertz CT molecular complexity index is 2370. The fraction of sp³-hybridized carbons (Fsp3) is 0.333. The second kappa shape index (κ2) is 16.7. The highest BCUT2D eigenvalue weighted by Crippen LogP contribution is 2.32. The van der Waals surface area contributed by atoms with Gasteiger partial charge in [0.25, 0.3) is 27.7 Å². The Morgan fingerprint density at radius 1 is 0.873 bits per heavy atom. The van der Waals surface area contributed by atoms with Crippen LogP contribution in [-0.2, 0) is 23.0 Å². The average Bonchev–Trinajstić information content (AvgIpc) is 3.48. The largest absolute Gasteiger partial charge is 0.377 e. The molecule has 3 amide bonds. The molecule has 1 aliphatic heterocycles. The number of unbranched alkanes of at least 4 members (excludes halogenated alkanes) is 2. The first-order valence-electron chi connectivity index (χ1n) is 18.7. The van der Waals surface area contributed by atoms with Gasteiger partial charge in [-0.05, 0) is 67.6 Å². The Balaban J connectivity index is 1.40. The monoisotopic (exact) mass is 782 g/mol. The maximum atomic E-state index is 14.5. The Morgan fingerprint density at radius 2 is 1.55 bits per heavy atom. The summed E-state index contributed by atoms with van der Waals surface area (Å²) >= 11 is 6.83. The predicted octanol–water partition coefficient (Wildman–Crippen LogP) is 7.41. The summed E-state index contributed by atoms with van der Waals surface area (Å²) in [5.74, 6) is -1.57. The standard InChI is InChI=1S/C42H47ClN6O5S/c1-6-8-23-47(24-9-7-2)42(52)39-38(43)28(3)49(44-39)36-21-20-30(26-34(36)41(51)48-25-22-29-14-10-11-15-31(29)27-48)40(50)45-55(53,54)37-19-13-16-32-33(37)17-12-18-35(32)46(4)5/h10-21,26H,6-9,22-25,27H2,1-5H3,(H,45,50). The third-order valence-electron chi connectivity index (χ3n) is 10.1. The van der Waals surface area contributed by atoms with Gasteiger partial charge in [0.1, 0.15) is 0 Å². The minimum absolute atomic E-state index is 0.0418. The van der Waals surface area contributed by atoms with E-state index in [1.165, 1.54) is 22.9 Å². The number of amides is 3. The lowest BCUT2D eigenvalue weighted by atomic mass is 9.98. The topological polar surface area (TPSA) is 125 Å². The zero-order valence-electron chi connectivity index (χ0n) is 31.9. The summed E-state index contributed by atoms with van der Waals surface area (Å²) < 4.78 is 31.4. The molecular weight excluding hydrogens is 736 g/mol. The number of carbonyl (C=O) groups is 3. The molecule has 1 N–H and O–H groups in total. The van der Waals surface area contributed by atoms with Crippen molar-refractivity contribution < 1.29 is 22.8 Å². The molecule has 1 aromatic heterocycles. The van der Waals surface area contributed by atoms with Crippen molar-refractivity contribution in [3.8, 4) is 5.69 Å². The van der Waals surface area contributed by atoms with Gasteiger partial charge in [0.2, 0.25) is 0 Å². The summed E-state index contributed by atoms with van der Waals surface area (Å²) in [6.45, 7) is 7.78. The average molecular weight is 783 g/mol. The summed E-state index contributed by atoms with van der Waals surface area (Å²) in [5, 5.41) is 6.04. The Kier molecular flexibility index (Phi) is 12.0. The van der Waals surface area contributed by atoms with E-state index < -0.39 is 15.9 Å². The number of anilines is 1. The van der Waals surface area contributed by atoms with Gasteiger partial charge >= 0.3 is 0 Å². The van der Waals surface area contributed by atoms with Gasteiger partial charge in [0, 0.05) is 62.3 Å². The van der Waals surface area contributed by atoms with E-state index in [1.807, 2.05) is 55.4 Å². The number of fused-ring (bicyclic) bond motifs is 2. The van der Waals surface area contributed by atoms with E-state index in [2.05, 4.69) is 23.7 Å². The van der Waals surface area contributed by atoms with Gasteiger partial charge in [-0.25, -0.2) is 17.8 Å². The number of halogens is 1. The van der Waals surface area contributed by atoms with Crippen molar-refractivity contribution in [2.45, 2.75) is 64.3 Å². The first-order valence-corrected chi connectivity index (χ1v) is 20.5. The lowest BCUT2D eigenvalue weighted by Gasteiger charge is -2.29. The van der Waals surface area contributed by atoms with Crippen LogP contribution >= 0.6 is 11.6 Å². The van der Waals surface area contributed by atoms with Gasteiger partial charge in [-0.3, -0.25) is 14.4 Å². The van der Waals surface area contributed by atoms with Crippen LogP contribution in [-0.4, -0.2) is 79.4 Å². The molecular formula is C42H47ClN6O5S. The maximum Gasteiger partial charge on any atom is 0.275 e. The van der Waals surface area contributed by atoms with Crippen molar-refractivity contribution >= 4 is 55.8 Å². The molecule has 55 heavy (non-hydrogen) atoms. The van der Waals surface area contributed by atoms with Crippen LogP contribution in [0, 0.1) is 6.92 Å². The van der Waals surface area contributed by atoms with Gasteiger partial charge in [0.05, 0.1) is 26.9 Å². The molecule has 288 valence electrons. The quantitative estimate of drug-likeness (QED) is 0.132. The van der Waals surface area contributed by atoms with E-state index >= 15 is 0 Å². The van der Waals surface area contributed by atoms with Crippen LogP contribution in [0.1, 0.15) is 87.6 Å². The van der Waals surface area contributed by atoms with Crippen molar-refractivity contribution in [2.24, 2.45) is 0 Å². The van der Waals surface area contributed by atoms with Crippen molar-refractivity contribution in [1.29, 1.82) is 0 Å². The first kappa shape index (κ1) is 39.5. The lowest BCUT2D eigenvalue weighted by molar-refractivity contribution is 0.0732. The number of aromatic nitrogens is 2. The molecule has 0 atom stereocenters. The van der Waals surface area contributed by atoms with E-state index in [0.717, 1.165) is 42.5 Å². The van der Waals surface area contributed by atoms with E-state index in [4.69, 9.17) is 11.6 Å². The number of carbonyl (C=O) groups excluding carboxylic acids is 3. The zero-order chi connectivity index (χ0) is 39.4. The third-order valence-corrected chi connectivity index (χ3v) is 11.9. The second-order valence-electron chi connectivity index (χ2n) is 14.1. The van der Waals surface area contributed by atoms with Gasteiger partial charge in [0.15, 0.2) is 5.69 Å². The highest BCUT2D eigenvalue weighted by molar-refractivity contribution is 7.90. The minimum Gasteiger partial charge on any atom is -0.377 e. The smallest absolute Gasteiger partial charge is 0.275 e. The van der Waals surface area contributed by atoms with Crippen LogP contribution in [0.4, 0.5) is 5.69 Å². The summed E-state index contributed by atoms with van der Waals surface area (Å²) in [5.41, 5.74) is 3.90. The van der Waals surface area contributed by atoms with Crippen LogP contribution in [0.2, 0.25) is 5.02 Å². The van der Waals surface area contributed by atoms with Crippen molar-refractivity contribution in [2.75, 3.05) is 38.6 Å². The molecule has 0 spiro atoms. The third kappa shape index (κ3) is 8.11. The summed E-state index contributed by atoms with van der Waals surface area (Å²) in [7, 11) is -0.615. The molecule has 11 nitrogen and oxygen atoms in total. The SMILES string of the molecule is CCCCN(CCCC)C(=O)c1nn(-c2ccc(C(=O)NS(=O)(=O)c3cccc4c(N(C)C)cccc34)cc2C(=O)N2CCc3ccccc3C2)c(C)c1Cl. The number of rotatable bonds is 13. The normalized spacial score (nSPS) is 12.7. The van der Waals surface area contributed by atoms with Crippen LogP contribution in [0.15, 0.2) is 83.8 Å². The molecule has 4 aromatic carbocycles. The van der Waals surface area contributed by atoms with Gasteiger partial charge < -0.3 is 14.7 Å². The molecule has 2 heterocycles. The highest BCUT2D eigenvalue weighted by atomic mass is 35.5. The number of nitrogens with zero attached hydrogens (tertiary/aromatic N) is 5. The van der Waals surface area contributed by atoms with Crippen LogP contribution in [0.3, 0.4) is 0 Å². The molecule has 0 unspecified atom stereocenters. The first-order chi connectivity index (χ1) is 26.4. The van der Waals surface area contributed by atoms with E-state index in [9.17, 15) is 22.8 Å². The molecule has 0 radical (unpaired) electrons. The van der Waals surface area contributed by atoms with Crippen molar-refractivity contribution in [1.82, 2.24) is 24.3 Å². The van der Waals surface area contributed by atoms with Crippen LogP contribution in [0.5, 0.6) is 0 Å². The number of hydrogen-bond donors (Lipinski definition) is 1. The highest BCUT2D eigenvalue weighted by Gasteiger charge is 2.30. The Morgan fingerprint density at radius 3 is 2.24 bits per heavy atom. The van der Waals surface area contributed by atoms with Crippen LogP contribution < -0.4 is 9.62 Å². The number of benzene rings is 4. The Labute approximate surface area is 327 Å². The fourth-order valence-electron chi connectivity index (χ4n) is 7.01. The zero-order valence-corrected chi connectivity index (χ0v) is 33.5. The Hall–Kier alpha value is -5.20. The molecule has 0 fully saturated rings. The second-order valence-corrected chi connectivity index (χ2v) is 16.1. The van der Waals surface area contributed by atoms with Gasteiger partial charge in [-0.15, -0.1) is 0 Å². The summed E-state index contributed by atoms with van der Waals surface area (Å²) in [4.78, 5) is 47.5. The minimum atomic E-state index is -4.36. The van der Waals surface area contributed by atoms with E-state index in [-0.39, 0.29) is 38.6 Å². The molecule has 5 aromatic rings. The summed E-state index contributed by atoms with van der Waals surface area (Å²) in [6.07, 6.45) is 4.16. The number of hydrogen-bond acceptors (Lipinski definition) is 7. The van der Waals surface area contributed by atoms with E-state index in [0.29, 0.717) is 54.8 Å². The lowest BCUT2D eigenvalue weighted by Crippen LogP contribution is -2.37. The number of sulfonamides is 1. The van der Waals surface area contributed by atoms with Crippen molar-refractivity contribution in [3.05, 3.63) is 118 Å². The molecule has 0 saturated carbocycles. The number of nitrogens with one attached hydrogen (secondary N) is 1. The summed E-state index contributed by atoms with van der Waals surface area (Å²) in [6, 6.07) is 22.6. The van der Waals surface area contributed by atoms with Gasteiger partial charge in [-0.1, -0.05) is 86.8 Å². The van der Waals surface area contributed by atoms with Crippen LogP contribution in [0.25, 0.3) is 16.5 Å². The molecule has 0 bridgehead atoms. The molecule has 0 saturated heterocycles. The molecule has 1 aliphatic rings. The fourth-order valence-corrected chi connectivity index (χ4v) is 8.41.